The molecule has 0 saturated carbocycles. The smallest absolute Gasteiger partial charge is 0.239 e. The van der Waals surface area contributed by atoms with Crippen LogP contribution >= 0.6 is 12.4 Å². The van der Waals surface area contributed by atoms with Crippen LogP contribution < -0.4 is 5.73 Å². The van der Waals surface area contributed by atoms with Gasteiger partial charge in [-0.15, -0.1) is 12.4 Å². The number of piperazine rings is 1. The number of halogens is 1. The van der Waals surface area contributed by atoms with Crippen molar-refractivity contribution in [3.05, 3.63) is 0 Å². The molecule has 0 aromatic heterocycles. The molecule has 1 atom stereocenters. The highest BCUT2D eigenvalue weighted by Crippen LogP contribution is 2.08. The molecule has 0 bridgehead atoms. The summed E-state index contributed by atoms with van der Waals surface area (Å²) in [6.45, 7) is 10.1. The molecule has 4 nitrogen and oxygen atoms in total. The summed E-state index contributed by atoms with van der Waals surface area (Å²) in [5.74, 6) is 0.130. The van der Waals surface area contributed by atoms with Crippen molar-refractivity contribution < 1.29 is 4.79 Å². The highest BCUT2D eigenvalue weighted by molar-refractivity contribution is 5.85. The molecule has 0 aromatic carbocycles. The molecule has 102 valence electrons. The molecule has 1 unspecified atom stereocenters. The summed E-state index contributed by atoms with van der Waals surface area (Å²) < 4.78 is 0. The van der Waals surface area contributed by atoms with Crippen LogP contribution in [0.25, 0.3) is 0 Å². The van der Waals surface area contributed by atoms with Crippen molar-refractivity contribution in [1.29, 1.82) is 0 Å². The lowest BCUT2D eigenvalue weighted by Crippen LogP contribution is -2.54. The Kier molecular flexibility index (Phi) is 7.75. The minimum atomic E-state index is -0.296. The number of carbonyl (C=O) groups is 1. The van der Waals surface area contributed by atoms with E-state index >= 15 is 0 Å². The van der Waals surface area contributed by atoms with Gasteiger partial charge in [0, 0.05) is 32.2 Å². The van der Waals surface area contributed by atoms with E-state index in [-0.39, 0.29) is 24.4 Å². The van der Waals surface area contributed by atoms with E-state index in [2.05, 4.69) is 25.7 Å². The maximum Gasteiger partial charge on any atom is 0.239 e. The lowest BCUT2D eigenvalue weighted by atomic mass is 10.1. The molecule has 1 aliphatic heterocycles. The lowest BCUT2D eigenvalue weighted by Gasteiger charge is -2.37. The van der Waals surface area contributed by atoms with E-state index in [9.17, 15) is 4.79 Å². The van der Waals surface area contributed by atoms with Gasteiger partial charge >= 0.3 is 0 Å². The van der Waals surface area contributed by atoms with Gasteiger partial charge in [0.25, 0.3) is 0 Å². The summed E-state index contributed by atoms with van der Waals surface area (Å²) in [7, 11) is 0. The molecule has 0 spiro atoms. The fourth-order valence-electron chi connectivity index (χ4n) is 2.13. The van der Waals surface area contributed by atoms with Gasteiger partial charge < -0.3 is 10.6 Å². The van der Waals surface area contributed by atoms with Crippen LogP contribution in [0.2, 0.25) is 0 Å². The molecule has 0 aromatic rings. The number of carbonyl (C=O) groups excluding carboxylic acids is 1. The molecule has 17 heavy (non-hydrogen) atoms. The molecule has 1 saturated heterocycles. The number of amides is 1. The molecule has 1 amide bonds. The normalized spacial score (nSPS) is 19.0. The molecular formula is C12H26ClN3O. The first kappa shape index (κ1) is 16.7. The Bertz CT molecular complexity index is 228. The summed E-state index contributed by atoms with van der Waals surface area (Å²) in [6.07, 6.45) is 1.77. The van der Waals surface area contributed by atoms with Gasteiger partial charge in [0.15, 0.2) is 0 Å². The Morgan fingerprint density at radius 1 is 1.24 bits per heavy atom. The molecule has 1 aliphatic rings. The first-order valence-corrected chi connectivity index (χ1v) is 6.34. The SMILES string of the molecule is CCCC(N)C(=O)N1CCN(C(C)C)CC1.Cl. The first-order valence-electron chi connectivity index (χ1n) is 6.34. The Labute approximate surface area is 111 Å². The molecule has 5 heteroatoms. The van der Waals surface area contributed by atoms with E-state index in [0.29, 0.717) is 6.04 Å². The monoisotopic (exact) mass is 263 g/mol. The molecule has 1 fully saturated rings. The van der Waals surface area contributed by atoms with Crippen molar-refractivity contribution in [1.82, 2.24) is 9.80 Å². The maximum atomic E-state index is 11.9. The zero-order valence-corrected chi connectivity index (χ0v) is 12.0. The fourth-order valence-corrected chi connectivity index (χ4v) is 2.13. The second kappa shape index (κ2) is 7.90. The number of hydrogen-bond donors (Lipinski definition) is 1. The van der Waals surface area contributed by atoms with Crippen molar-refractivity contribution in [3.63, 3.8) is 0 Å². The van der Waals surface area contributed by atoms with Gasteiger partial charge in [-0.1, -0.05) is 13.3 Å². The van der Waals surface area contributed by atoms with Crippen molar-refractivity contribution in [3.8, 4) is 0 Å². The van der Waals surface area contributed by atoms with Crippen LogP contribution in [0.4, 0.5) is 0 Å². The fraction of sp³-hybridized carbons (Fsp3) is 0.917. The van der Waals surface area contributed by atoms with Gasteiger partial charge in [0.1, 0.15) is 0 Å². The van der Waals surface area contributed by atoms with E-state index in [1.165, 1.54) is 0 Å². The topological polar surface area (TPSA) is 49.6 Å². The van der Waals surface area contributed by atoms with Crippen LogP contribution in [0.5, 0.6) is 0 Å². The molecule has 1 rings (SSSR count). The third kappa shape index (κ3) is 4.82. The van der Waals surface area contributed by atoms with Crippen LogP contribution in [0.15, 0.2) is 0 Å². The van der Waals surface area contributed by atoms with E-state index < -0.39 is 0 Å². The van der Waals surface area contributed by atoms with Gasteiger partial charge in [-0.25, -0.2) is 0 Å². The molecule has 0 radical (unpaired) electrons. The van der Waals surface area contributed by atoms with Crippen LogP contribution in [0, 0.1) is 0 Å². The van der Waals surface area contributed by atoms with Crippen LogP contribution in [-0.2, 0) is 4.79 Å². The van der Waals surface area contributed by atoms with Crippen molar-refractivity contribution in [2.24, 2.45) is 5.73 Å². The standard InChI is InChI=1S/C12H25N3O.ClH/c1-4-5-11(13)12(16)15-8-6-14(7-9-15)10(2)3;/h10-11H,4-9,13H2,1-3H3;1H. The lowest BCUT2D eigenvalue weighted by molar-refractivity contribution is -0.134. The second-order valence-corrected chi connectivity index (χ2v) is 4.85. The highest BCUT2D eigenvalue weighted by Gasteiger charge is 2.25. The third-order valence-corrected chi connectivity index (χ3v) is 3.27. The summed E-state index contributed by atoms with van der Waals surface area (Å²) in [6, 6.07) is 0.275. The number of nitrogens with zero attached hydrogens (tertiary/aromatic N) is 2. The minimum absolute atomic E-state index is 0. The van der Waals surface area contributed by atoms with E-state index in [1.54, 1.807) is 0 Å². The zero-order chi connectivity index (χ0) is 12.1. The summed E-state index contributed by atoms with van der Waals surface area (Å²) >= 11 is 0. The van der Waals surface area contributed by atoms with E-state index in [4.69, 9.17) is 5.73 Å². The average molecular weight is 264 g/mol. The quantitative estimate of drug-likeness (QED) is 0.826. The Morgan fingerprint density at radius 2 is 1.76 bits per heavy atom. The van der Waals surface area contributed by atoms with Crippen molar-refractivity contribution >= 4 is 18.3 Å². The van der Waals surface area contributed by atoms with Gasteiger partial charge in [0.05, 0.1) is 6.04 Å². The minimum Gasteiger partial charge on any atom is -0.339 e. The van der Waals surface area contributed by atoms with Crippen LogP contribution in [0.3, 0.4) is 0 Å². The zero-order valence-electron chi connectivity index (χ0n) is 11.2. The Balaban J connectivity index is 0.00000256. The molecule has 1 heterocycles. The summed E-state index contributed by atoms with van der Waals surface area (Å²) in [5.41, 5.74) is 5.85. The Morgan fingerprint density at radius 3 is 2.18 bits per heavy atom. The predicted octanol–water partition coefficient (Wildman–Crippen LogP) is 1.09. The molecular weight excluding hydrogens is 238 g/mol. The van der Waals surface area contributed by atoms with Gasteiger partial charge in [0.2, 0.25) is 5.91 Å². The number of rotatable bonds is 4. The first-order chi connectivity index (χ1) is 7.56. The van der Waals surface area contributed by atoms with Crippen molar-refractivity contribution in [2.45, 2.75) is 45.7 Å². The van der Waals surface area contributed by atoms with Gasteiger partial charge in [-0.05, 0) is 20.3 Å². The van der Waals surface area contributed by atoms with E-state index in [1.807, 2.05) is 4.90 Å². The van der Waals surface area contributed by atoms with Crippen LogP contribution in [-0.4, -0.2) is 54.0 Å². The van der Waals surface area contributed by atoms with Gasteiger partial charge in [-0.3, -0.25) is 9.69 Å². The second-order valence-electron chi connectivity index (χ2n) is 4.85. The third-order valence-electron chi connectivity index (χ3n) is 3.27. The maximum absolute atomic E-state index is 11.9. The van der Waals surface area contributed by atoms with Crippen LogP contribution in [0.1, 0.15) is 33.6 Å². The molecule has 2 N–H and O–H groups in total. The van der Waals surface area contributed by atoms with E-state index in [0.717, 1.165) is 39.0 Å². The van der Waals surface area contributed by atoms with Crippen molar-refractivity contribution in [2.75, 3.05) is 26.2 Å². The largest absolute Gasteiger partial charge is 0.339 e. The molecule has 0 aliphatic carbocycles. The summed E-state index contributed by atoms with van der Waals surface area (Å²) in [4.78, 5) is 16.3. The summed E-state index contributed by atoms with van der Waals surface area (Å²) in [5, 5.41) is 0. The number of hydrogen-bond acceptors (Lipinski definition) is 3. The van der Waals surface area contributed by atoms with Gasteiger partial charge in [-0.2, -0.15) is 0 Å². The number of nitrogens with two attached hydrogens (primary N) is 1. The average Bonchev–Trinajstić information content (AvgIpc) is 2.28. The predicted molar refractivity (Wildman–Crippen MR) is 73.4 cm³/mol. The highest BCUT2D eigenvalue weighted by atomic mass is 35.5. The Hall–Kier alpha value is -0.320.